The van der Waals surface area contributed by atoms with Gasteiger partial charge in [0.25, 0.3) is 0 Å². The van der Waals surface area contributed by atoms with Gasteiger partial charge in [-0.2, -0.15) is 0 Å². The molecule has 1 fully saturated rings. The number of benzene rings is 1. The lowest BCUT2D eigenvalue weighted by molar-refractivity contribution is -0.112. The quantitative estimate of drug-likeness (QED) is 0.758. The van der Waals surface area contributed by atoms with Crippen LogP contribution in [0.3, 0.4) is 0 Å². The lowest BCUT2D eigenvalue weighted by Crippen LogP contribution is -2.32. The van der Waals surface area contributed by atoms with Crippen molar-refractivity contribution in [2.24, 2.45) is 5.92 Å². The third kappa shape index (κ3) is 4.11. The Balaban J connectivity index is 1.78. The van der Waals surface area contributed by atoms with Crippen LogP contribution in [0.1, 0.15) is 25.3 Å². The first-order valence-corrected chi connectivity index (χ1v) is 6.69. The van der Waals surface area contributed by atoms with E-state index in [0.29, 0.717) is 5.92 Å². The van der Waals surface area contributed by atoms with E-state index in [0.717, 1.165) is 32.5 Å². The molecule has 0 aliphatic carbocycles. The van der Waals surface area contributed by atoms with Crippen LogP contribution in [0, 0.1) is 5.92 Å². The summed E-state index contributed by atoms with van der Waals surface area (Å²) in [5, 5.41) is 0. The minimum absolute atomic E-state index is 0.154. The Morgan fingerprint density at radius 3 is 2.56 bits per heavy atom. The molecule has 1 saturated heterocycles. The van der Waals surface area contributed by atoms with E-state index in [4.69, 9.17) is 0 Å². The molecule has 1 aromatic rings. The molecule has 0 spiro atoms. The van der Waals surface area contributed by atoms with Gasteiger partial charge in [-0.25, -0.2) is 0 Å². The van der Waals surface area contributed by atoms with Crippen molar-refractivity contribution in [2.45, 2.75) is 26.3 Å². The summed E-state index contributed by atoms with van der Waals surface area (Å²) in [7, 11) is 0. The van der Waals surface area contributed by atoms with Crippen LogP contribution in [0.25, 0.3) is 0 Å². The van der Waals surface area contributed by atoms with Gasteiger partial charge in [0.2, 0.25) is 0 Å². The summed E-state index contributed by atoms with van der Waals surface area (Å²) in [4.78, 5) is 13.4. The number of carbonyl (C=O) groups excluding carboxylic acids is 1. The second-order valence-electron chi connectivity index (χ2n) is 5.07. The van der Waals surface area contributed by atoms with Crippen LogP contribution < -0.4 is 0 Å². The van der Waals surface area contributed by atoms with Crippen molar-refractivity contribution < 1.29 is 4.79 Å². The van der Waals surface area contributed by atoms with Gasteiger partial charge in [0.05, 0.1) is 0 Å². The highest BCUT2D eigenvalue weighted by Crippen LogP contribution is 2.20. The fourth-order valence-corrected chi connectivity index (χ4v) is 2.42. The summed E-state index contributed by atoms with van der Waals surface area (Å²) in [5.41, 5.74) is 1.38. The van der Waals surface area contributed by atoms with Crippen LogP contribution >= 0.6 is 0 Å². The van der Waals surface area contributed by atoms with Crippen molar-refractivity contribution in [3.05, 3.63) is 48.0 Å². The number of ketones is 1. The SMILES string of the molecule is CC(=O)/C=C/C1CCN(Cc2ccccc2)CC1. The molecule has 0 N–H and O–H groups in total. The zero-order chi connectivity index (χ0) is 12.8. The Hall–Kier alpha value is -1.41. The van der Waals surface area contributed by atoms with Crippen LogP contribution in [-0.2, 0) is 11.3 Å². The molecule has 1 aliphatic heterocycles. The molecule has 2 heteroatoms. The number of rotatable bonds is 4. The Kier molecular flexibility index (Phi) is 4.71. The molecule has 18 heavy (non-hydrogen) atoms. The molecule has 96 valence electrons. The first-order chi connectivity index (χ1) is 8.74. The minimum atomic E-state index is 0.154. The third-order valence-electron chi connectivity index (χ3n) is 3.48. The molecule has 0 radical (unpaired) electrons. The fourth-order valence-electron chi connectivity index (χ4n) is 2.42. The molecule has 0 bridgehead atoms. The molecule has 0 unspecified atom stereocenters. The van der Waals surface area contributed by atoms with Gasteiger partial charge in [-0.15, -0.1) is 0 Å². The maximum absolute atomic E-state index is 10.9. The van der Waals surface area contributed by atoms with E-state index in [1.807, 2.05) is 0 Å². The molecule has 2 nitrogen and oxygen atoms in total. The topological polar surface area (TPSA) is 20.3 Å². The van der Waals surface area contributed by atoms with Gasteiger partial charge in [-0.1, -0.05) is 36.4 Å². The largest absolute Gasteiger partial charge is 0.299 e. The Morgan fingerprint density at radius 1 is 1.28 bits per heavy atom. The van der Waals surface area contributed by atoms with Gasteiger partial charge >= 0.3 is 0 Å². The monoisotopic (exact) mass is 243 g/mol. The van der Waals surface area contributed by atoms with E-state index in [-0.39, 0.29) is 5.78 Å². The number of hydrogen-bond acceptors (Lipinski definition) is 2. The molecule has 0 aromatic heterocycles. The fraction of sp³-hybridized carbons (Fsp3) is 0.438. The van der Waals surface area contributed by atoms with Crippen LogP contribution in [0.15, 0.2) is 42.5 Å². The molecular weight excluding hydrogens is 222 g/mol. The average molecular weight is 243 g/mol. The molecule has 1 aliphatic rings. The van der Waals surface area contributed by atoms with Gasteiger partial charge in [0, 0.05) is 6.54 Å². The zero-order valence-corrected chi connectivity index (χ0v) is 11.0. The summed E-state index contributed by atoms with van der Waals surface area (Å²) in [6, 6.07) is 10.6. The van der Waals surface area contributed by atoms with E-state index in [9.17, 15) is 4.79 Å². The molecule has 1 aromatic carbocycles. The van der Waals surface area contributed by atoms with Crippen molar-refractivity contribution in [3.63, 3.8) is 0 Å². The Bertz CT molecular complexity index is 402. The highest BCUT2D eigenvalue weighted by atomic mass is 16.1. The minimum Gasteiger partial charge on any atom is -0.299 e. The van der Waals surface area contributed by atoms with Crippen LogP contribution in [0.2, 0.25) is 0 Å². The molecular formula is C16H21NO. The van der Waals surface area contributed by atoms with Gasteiger partial charge < -0.3 is 0 Å². The van der Waals surface area contributed by atoms with Crippen molar-refractivity contribution in [1.29, 1.82) is 0 Å². The average Bonchev–Trinajstić information content (AvgIpc) is 2.39. The van der Waals surface area contributed by atoms with Gasteiger partial charge in [0.1, 0.15) is 0 Å². The maximum Gasteiger partial charge on any atom is 0.152 e. The van der Waals surface area contributed by atoms with Crippen LogP contribution in [0.5, 0.6) is 0 Å². The summed E-state index contributed by atoms with van der Waals surface area (Å²) < 4.78 is 0. The molecule has 2 rings (SSSR count). The van der Waals surface area contributed by atoms with Crippen LogP contribution in [-0.4, -0.2) is 23.8 Å². The third-order valence-corrected chi connectivity index (χ3v) is 3.48. The summed E-state index contributed by atoms with van der Waals surface area (Å²) in [5.74, 6) is 0.739. The summed E-state index contributed by atoms with van der Waals surface area (Å²) >= 11 is 0. The van der Waals surface area contributed by atoms with Crippen molar-refractivity contribution in [3.8, 4) is 0 Å². The number of carbonyl (C=O) groups is 1. The van der Waals surface area contributed by atoms with Crippen molar-refractivity contribution in [1.82, 2.24) is 4.90 Å². The lowest BCUT2D eigenvalue weighted by Gasteiger charge is -2.30. The first kappa shape index (κ1) is 13.0. The Morgan fingerprint density at radius 2 is 1.94 bits per heavy atom. The predicted molar refractivity (Wildman–Crippen MR) is 74.3 cm³/mol. The number of piperidine rings is 1. The molecule has 0 saturated carbocycles. The highest BCUT2D eigenvalue weighted by Gasteiger charge is 2.17. The summed E-state index contributed by atoms with van der Waals surface area (Å²) in [6.07, 6.45) is 6.13. The molecule has 0 atom stereocenters. The highest BCUT2D eigenvalue weighted by molar-refractivity contribution is 5.87. The standard InChI is InChI=1S/C16H21NO/c1-14(18)7-8-15-9-11-17(12-10-15)13-16-5-3-2-4-6-16/h2-8,15H,9-13H2,1H3/b8-7+. The van der Waals surface area contributed by atoms with E-state index in [1.165, 1.54) is 5.56 Å². The molecule has 1 heterocycles. The second kappa shape index (κ2) is 6.50. The normalized spacial score (nSPS) is 18.3. The van der Waals surface area contributed by atoms with Gasteiger partial charge in [-0.3, -0.25) is 9.69 Å². The second-order valence-corrected chi connectivity index (χ2v) is 5.07. The van der Waals surface area contributed by atoms with E-state index in [2.05, 4.69) is 41.3 Å². The van der Waals surface area contributed by atoms with Gasteiger partial charge in [0.15, 0.2) is 5.78 Å². The van der Waals surface area contributed by atoms with E-state index in [1.54, 1.807) is 13.0 Å². The van der Waals surface area contributed by atoms with Gasteiger partial charge in [-0.05, 0) is 50.4 Å². The molecule has 0 amide bonds. The van der Waals surface area contributed by atoms with Crippen molar-refractivity contribution in [2.75, 3.05) is 13.1 Å². The van der Waals surface area contributed by atoms with Crippen LogP contribution in [0.4, 0.5) is 0 Å². The predicted octanol–water partition coefficient (Wildman–Crippen LogP) is 3.04. The number of allylic oxidation sites excluding steroid dienone is 2. The van der Waals surface area contributed by atoms with E-state index >= 15 is 0 Å². The number of likely N-dealkylation sites (tertiary alicyclic amines) is 1. The number of hydrogen-bond donors (Lipinski definition) is 0. The Labute approximate surface area is 109 Å². The van der Waals surface area contributed by atoms with E-state index < -0.39 is 0 Å². The smallest absolute Gasteiger partial charge is 0.152 e. The summed E-state index contributed by atoms with van der Waals surface area (Å²) in [6.45, 7) is 4.91. The zero-order valence-electron chi connectivity index (χ0n) is 11.0. The number of nitrogens with zero attached hydrogens (tertiary/aromatic N) is 1. The first-order valence-electron chi connectivity index (χ1n) is 6.69. The lowest BCUT2D eigenvalue weighted by atomic mass is 9.96. The maximum atomic E-state index is 10.9. The van der Waals surface area contributed by atoms with Crippen molar-refractivity contribution >= 4 is 5.78 Å².